The monoisotopic (exact) mass is 437 g/mol. The zero-order valence-electron chi connectivity index (χ0n) is 16.8. The van der Waals surface area contributed by atoms with E-state index in [4.69, 9.17) is 9.15 Å². The number of benzene rings is 2. The molecule has 1 aliphatic rings. The fourth-order valence-corrected chi connectivity index (χ4v) is 4.23. The van der Waals surface area contributed by atoms with Crippen LogP contribution in [-0.4, -0.2) is 18.4 Å². The van der Waals surface area contributed by atoms with Crippen LogP contribution in [0.5, 0.6) is 5.75 Å². The van der Waals surface area contributed by atoms with Crippen LogP contribution in [0.4, 0.5) is 10.1 Å². The number of hydrogen-bond acceptors (Lipinski definition) is 5. The van der Waals surface area contributed by atoms with E-state index < -0.39 is 17.6 Å². The first-order valence-electron chi connectivity index (χ1n) is 9.85. The quantitative estimate of drug-likeness (QED) is 0.440. The fraction of sp³-hybridized carbons (Fsp3) is 0.167. The summed E-state index contributed by atoms with van der Waals surface area (Å²) in [6.45, 7) is 2.54. The van der Waals surface area contributed by atoms with Gasteiger partial charge in [0.25, 0.3) is 11.8 Å². The number of hydrogen-bond donors (Lipinski definition) is 0. The summed E-state index contributed by atoms with van der Waals surface area (Å²) in [5.41, 5.74) is 1.17. The molecule has 0 unspecified atom stereocenters. The molecule has 2 amide bonds. The molecule has 7 heteroatoms. The number of halogens is 1. The lowest BCUT2D eigenvalue weighted by Crippen LogP contribution is -2.31. The average molecular weight is 437 g/mol. The fourth-order valence-electron chi connectivity index (χ4n) is 3.22. The van der Waals surface area contributed by atoms with Crippen LogP contribution in [0.3, 0.4) is 0 Å². The molecule has 0 saturated heterocycles. The van der Waals surface area contributed by atoms with Gasteiger partial charge in [0, 0.05) is 6.07 Å². The number of amides is 2. The number of thioether (sulfide) groups is 1. The zero-order valence-corrected chi connectivity index (χ0v) is 17.7. The molecule has 1 aromatic heterocycles. The Bertz CT molecular complexity index is 1120. The van der Waals surface area contributed by atoms with Gasteiger partial charge in [0.2, 0.25) is 0 Å². The van der Waals surface area contributed by atoms with Crippen LogP contribution in [0.1, 0.15) is 24.7 Å². The average Bonchev–Trinajstić information content (AvgIpc) is 3.38. The van der Waals surface area contributed by atoms with Gasteiger partial charge >= 0.3 is 0 Å². The molecule has 0 saturated carbocycles. The second kappa shape index (κ2) is 9.22. The van der Waals surface area contributed by atoms with Crippen molar-refractivity contribution in [3.8, 4) is 5.75 Å². The largest absolute Gasteiger partial charge is 0.494 e. The smallest absolute Gasteiger partial charge is 0.272 e. The van der Waals surface area contributed by atoms with Crippen LogP contribution in [0.2, 0.25) is 0 Å². The van der Waals surface area contributed by atoms with Crippen LogP contribution in [0, 0.1) is 5.82 Å². The summed E-state index contributed by atoms with van der Waals surface area (Å²) in [6.07, 6.45) is 2.40. The highest BCUT2D eigenvalue weighted by Gasteiger charge is 2.40. The molecule has 5 nitrogen and oxygen atoms in total. The van der Waals surface area contributed by atoms with E-state index in [0.29, 0.717) is 40.0 Å². The molecule has 0 bridgehead atoms. The Morgan fingerprint density at radius 1 is 1.03 bits per heavy atom. The van der Waals surface area contributed by atoms with E-state index >= 15 is 0 Å². The van der Waals surface area contributed by atoms with E-state index in [1.807, 2.05) is 6.92 Å². The zero-order chi connectivity index (χ0) is 21.8. The number of ether oxygens (including phenoxy) is 1. The molecule has 3 aromatic rings. The van der Waals surface area contributed by atoms with Gasteiger partial charge in [-0.05, 0) is 48.4 Å². The Hall–Kier alpha value is -3.32. The van der Waals surface area contributed by atoms with Crippen LogP contribution >= 0.6 is 11.8 Å². The summed E-state index contributed by atoms with van der Waals surface area (Å²) in [5.74, 6) is 0.368. The van der Waals surface area contributed by atoms with Crippen LogP contribution in [0.25, 0.3) is 5.57 Å². The van der Waals surface area contributed by atoms with Crippen molar-refractivity contribution in [3.63, 3.8) is 0 Å². The maximum Gasteiger partial charge on any atom is 0.272 e. The highest BCUT2D eigenvalue weighted by molar-refractivity contribution is 8.03. The summed E-state index contributed by atoms with van der Waals surface area (Å²) in [4.78, 5) is 28.1. The summed E-state index contributed by atoms with van der Waals surface area (Å²) < 4.78 is 24.5. The van der Waals surface area contributed by atoms with Crippen molar-refractivity contribution >= 4 is 34.8 Å². The molecule has 4 rings (SSSR count). The SMILES string of the molecule is CCCOc1cccc(N2C(=O)C(SCc3ccco3)=C(c3ccc(F)cc3)C2=O)c1. The minimum absolute atomic E-state index is 0.251. The van der Waals surface area contributed by atoms with E-state index in [1.165, 1.54) is 36.0 Å². The Labute approximate surface area is 183 Å². The van der Waals surface area contributed by atoms with Gasteiger partial charge in [0.1, 0.15) is 17.3 Å². The summed E-state index contributed by atoms with van der Waals surface area (Å²) >= 11 is 1.23. The van der Waals surface area contributed by atoms with E-state index in [2.05, 4.69) is 0 Å². The third-order valence-electron chi connectivity index (χ3n) is 4.66. The second-order valence-electron chi connectivity index (χ2n) is 6.87. The predicted molar refractivity (Wildman–Crippen MR) is 118 cm³/mol. The molecule has 0 spiro atoms. The van der Waals surface area contributed by atoms with Crippen molar-refractivity contribution in [2.45, 2.75) is 19.1 Å². The van der Waals surface area contributed by atoms with Gasteiger partial charge in [0.15, 0.2) is 0 Å². The maximum absolute atomic E-state index is 13.5. The molecule has 158 valence electrons. The van der Waals surface area contributed by atoms with E-state index in [9.17, 15) is 14.0 Å². The third-order valence-corrected chi connectivity index (χ3v) is 5.76. The van der Waals surface area contributed by atoms with Gasteiger partial charge < -0.3 is 9.15 Å². The Balaban J connectivity index is 1.70. The molecule has 0 atom stereocenters. The van der Waals surface area contributed by atoms with Gasteiger partial charge in [-0.15, -0.1) is 11.8 Å². The van der Waals surface area contributed by atoms with Crippen molar-refractivity contribution in [1.29, 1.82) is 0 Å². The molecule has 2 aromatic carbocycles. The summed E-state index contributed by atoms with van der Waals surface area (Å²) in [7, 11) is 0. The number of rotatable bonds is 8. The number of furan rings is 1. The number of carbonyl (C=O) groups is 2. The molecule has 2 heterocycles. The number of imide groups is 1. The number of carbonyl (C=O) groups excluding carboxylic acids is 2. The standard InChI is InChI=1S/C24H20FNO4S/c1-2-12-29-19-6-3-5-18(14-19)26-23(27)21(16-8-10-17(25)11-9-16)22(24(26)28)31-15-20-7-4-13-30-20/h3-11,13-14H,2,12,15H2,1H3. The van der Waals surface area contributed by atoms with Crippen molar-refractivity contribution in [2.24, 2.45) is 0 Å². The second-order valence-corrected chi connectivity index (χ2v) is 7.86. The van der Waals surface area contributed by atoms with Crippen molar-refractivity contribution in [1.82, 2.24) is 0 Å². The van der Waals surface area contributed by atoms with Crippen molar-refractivity contribution in [3.05, 3.63) is 89.0 Å². The minimum atomic E-state index is -0.453. The van der Waals surface area contributed by atoms with Crippen LogP contribution in [0.15, 0.2) is 76.2 Å². The highest BCUT2D eigenvalue weighted by atomic mass is 32.2. The van der Waals surface area contributed by atoms with Gasteiger partial charge in [0.05, 0.1) is 34.8 Å². The van der Waals surface area contributed by atoms with E-state index in [0.717, 1.165) is 11.3 Å². The minimum Gasteiger partial charge on any atom is -0.494 e. The van der Waals surface area contributed by atoms with Gasteiger partial charge in [-0.25, -0.2) is 9.29 Å². The van der Waals surface area contributed by atoms with Gasteiger partial charge in [-0.3, -0.25) is 9.59 Å². The van der Waals surface area contributed by atoms with Crippen LogP contribution < -0.4 is 9.64 Å². The Kier molecular flexibility index (Phi) is 6.23. The third kappa shape index (κ3) is 4.41. The molecule has 0 radical (unpaired) electrons. The lowest BCUT2D eigenvalue weighted by Gasteiger charge is -2.16. The van der Waals surface area contributed by atoms with Crippen molar-refractivity contribution in [2.75, 3.05) is 11.5 Å². The molecular formula is C24H20FNO4S. The number of anilines is 1. The first kappa shape index (κ1) is 20.9. The molecule has 31 heavy (non-hydrogen) atoms. The highest BCUT2D eigenvalue weighted by Crippen LogP contribution is 2.40. The molecule has 1 aliphatic heterocycles. The van der Waals surface area contributed by atoms with Crippen LogP contribution in [-0.2, 0) is 15.3 Å². The summed E-state index contributed by atoms with van der Waals surface area (Å²) in [5, 5.41) is 0. The van der Waals surface area contributed by atoms with Gasteiger partial charge in [-0.1, -0.05) is 25.1 Å². The Morgan fingerprint density at radius 2 is 1.84 bits per heavy atom. The van der Waals surface area contributed by atoms with E-state index in [-0.39, 0.29) is 5.57 Å². The molecular weight excluding hydrogens is 417 g/mol. The molecule has 0 fully saturated rings. The lowest BCUT2D eigenvalue weighted by atomic mass is 10.1. The topological polar surface area (TPSA) is 59.8 Å². The lowest BCUT2D eigenvalue weighted by molar-refractivity contribution is -0.119. The first-order chi connectivity index (χ1) is 15.1. The first-order valence-corrected chi connectivity index (χ1v) is 10.8. The van der Waals surface area contributed by atoms with E-state index in [1.54, 1.807) is 42.7 Å². The predicted octanol–water partition coefficient (Wildman–Crippen LogP) is 5.43. The van der Waals surface area contributed by atoms with Crippen molar-refractivity contribution < 1.29 is 23.1 Å². The maximum atomic E-state index is 13.5. The summed E-state index contributed by atoms with van der Waals surface area (Å²) in [6, 6.07) is 16.0. The number of nitrogens with zero attached hydrogens (tertiary/aromatic N) is 1. The molecule has 0 aliphatic carbocycles. The molecule has 0 N–H and O–H groups in total. The van der Waals surface area contributed by atoms with Gasteiger partial charge in [-0.2, -0.15) is 0 Å². The Morgan fingerprint density at radius 3 is 2.55 bits per heavy atom. The normalized spacial score (nSPS) is 13.9.